The minimum absolute atomic E-state index is 0.0581. The highest BCUT2D eigenvalue weighted by molar-refractivity contribution is 7.92. The van der Waals surface area contributed by atoms with Gasteiger partial charge in [-0.15, -0.1) is 0 Å². The second-order valence-corrected chi connectivity index (χ2v) is 8.51. The molecule has 0 spiro atoms. The number of carbonyl (C=O) groups is 1. The third kappa shape index (κ3) is 4.42. The number of hydrogen-bond acceptors (Lipinski definition) is 6. The van der Waals surface area contributed by atoms with Crippen molar-refractivity contribution in [1.29, 1.82) is 0 Å². The Kier molecular flexibility index (Phi) is 5.85. The molecule has 0 amide bonds. The molecule has 1 saturated heterocycles. The van der Waals surface area contributed by atoms with Gasteiger partial charge in [0.2, 0.25) is 0 Å². The molecule has 1 aromatic heterocycles. The van der Waals surface area contributed by atoms with Crippen LogP contribution in [0.3, 0.4) is 0 Å². The zero-order chi connectivity index (χ0) is 20.3. The quantitative estimate of drug-likeness (QED) is 0.760. The Labute approximate surface area is 164 Å². The van der Waals surface area contributed by atoms with Crippen LogP contribution in [-0.2, 0) is 14.8 Å². The van der Waals surface area contributed by atoms with E-state index in [0.29, 0.717) is 38.0 Å². The maximum absolute atomic E-state index is 12.6. The number of carboxylic acids is 1. The minimum Gasteiger partial charge on any atom is -0.478 e. The van der Waals surface area contributed by atoms with E-state index >= 15 is 0 Å². The van der Waals surface area contributed by atoms with E-state index in [4.69, 9.17) is 4.74 Å². The molecule has 0 radical (unpaired) electrons. The first-order valence-corrected chi connectivity index (χ1v) is 10.4. The zero-order valence-electron chi connectivity index (χ0n) is 15.8. The van der Waals surface area contributed by atoms with E-state index in [-0.39, 0.29) is 16.1 Å². The van der Waals surface area contributed by atoms with E-state index in [2.05, 4.69) is 9.71 Å². The zero-order valence-corrected chi connectivity index (χ0v) is 16.6. The van der Waals surface area contributed by atoms with Crippen LogP contribution in [0.2, 0.25) is 0 Å². The SMILES string of the molecule is CC(C)c1ccc(S(=O)(=O)Nc2cnc(N3CCOCC3)c(C(=O)O)c2)cc1. The molecule has 1 aliphatic heterocycles. The maximum atomic E-state index is 12.6. The Balaban J connectivity index is 1.86. The van der Waals surface area contributed by atoms with Crippen LogP contribution in [0.5, 0.6) is 0 Å². The first-order chi connectivity index (χ1) is 13.3. The van der Waals surface area contributed by atoms with Gasteiger partial charge in [0.25, 0.3) is 10.0 Å². The predicted octanol–water partition coefficient (Wildman–Crippen LogP) is 2.54. The van der Waals surface area contributed by atoms with E-state index in [9.17, 15) is 18.3 Å². The van der Waals surface area contributed by atoms with Gasteiger partial charge < -0.3 is 14.7 Å². The number of anilines is 2. The van der Waals surface area contributed by atoms with Crippen LogP contribution in [0.1, 0.15) is 35.7 Å². The highest BCUT2D eigenvalue weighted by Crippen LogP contribution is 2.25. The molecule has 1 fully saturated rings. The van der Waals surface area contributed by atoms with Crippen LogP contribution in [0, 0.1) is 0 Å². The average molecular weight is 405 g/mol. The molecule has 0 atom stereocenters. The van der Waals surface area contributed by atoms with Gasteiger partial charge >= 0.3 is 5.97 Å². The van der Waals surface area contributed by atoms with E-state index in [1.807, 2.05) is 18.7 Å². The standard InChI is InChI=1S/C19H23N3O5S/c1-13(2)14-3-5-16(6-4-14)28(25,26)21-15-11-17(19(23)24)18(20-12-15)22-7-9-27-10-8-22/h3-6,11-13,21H,7-10H2,1-2H3,(H,23,24). The van der Waals surface area contributed by atoms with Crippen LogP contribution in [0.4, 0.5) is 11.5 Å². The van der Waals surface area contributed by atoms with Crippen molar-refractivity contribution >= 4 is 27.5 Å². The summed E-state index contributed by atoms with van der Waals surface area (Å²) in [6.07, 6.45) is 1.33. The Hall–Kier alpha value is -2.65. The summed E-state index contributed by atoms with van der Waals surface area (Å²) in [5, 5.41) is 9.54. The summed E-state index contributed by atoms with van der Waals surface area (Å²) in [5.41, 5.74) is 1.07. The van der Waals surface area contributed by atoms with Crippen LogP contribution < -0.4 is 9.62 Å². The lowest BCUT2D eigenvalue weighted by Crippen LogP contribution is -2.37. The largest absolute Gasteiger partial charge is 0.478 e. The molecule has 8 nitrogen and oxygen atoms in total. The number of nitrogens with one attached hydrogen (secondary N) is 1. The van der Waals surface area contributed by atoms with E-state index in [1.54, 1.807) is 12.1 Å². The monoisotopic (exact) mass is 405 g/mol. The first kappa shape index (κ1) is 20.1. The predicted molar refractivity (Wildman–Crippen MR) is 106 cm³/mol. The van der Waals surface area contributed by atoms with Gasteiger partial charge in [-0.3, -0.25) is 4.72 Å². The van der Waals surface area contributed by atoms with Gasteiger partial charge in [0.15, 0.2) is 0 Å². The Morgan fingerprint density at radius 3 is 2.43 bits per heavy atom. The molecule has 2 N–H and O–H groups in total. The average Bonchev–Trinajstić information content (AvgIpc) is 2.68. The Bertz CT molecular complexity index is 952. The molecule has 2 heterocycles. The lowest BCUT2D eigenvalue weighted by Gasteiger charge is -2.28. The normalized spacial score (nSPS) is 14.9. The maximum Gasteiger partial charge on any atom is 0.339 e. The molecular weight excluding hydrogens is 382 g/mol. The van der Waals surface area contributed by atoms with Gasteiger partial charge in [-0.25, -0.2) is 18.2 Å². The Morgan fingerprint density at radius 2 is 1.86 bits per heavy atom. The van der Waals surface area contributed by atoms with Crippen molar-refractivity contribution in [2.24, 2.45) is 0 Å². The summed E-state index contributed by atoms with van der Waals surface area (Å²) in [6.45, 7) is 6.08. The second-order valence-electron chi connectivity index (χ2n) is 6.83. The van der Waals surface area contributed by atoms with Crippen LogP contribution >= 0.6 is 0 Å². The minimum atomic E-state index is -3.85. The molecule has 1 aromatic carbocycles. The van der Waals surface area contributed by atoms with E-state index in [1.165, 1.54) is 24.4 Å². The summed E-state index contributed by atoms with van der Waals surface area (Å²) >= 11 is 0. The van der Waals surface area contributed by atoms with Crippen LogP contribution in [0.25, 0.3) is 0 Å². The lowest BCUT2D eigenvalue weighted by molar-refractivity contribution is 0.0696. The summed E-state index contributed by atoms with van der Waals surface area (Å²) < 4.78 is 33.0. The summed E-state index contributed by atoms with van der Waals surface area (Å²) in [6, 6.07) is 7.89. The number of hydrogen-bond donors (Lipinski definition) is 2. The number of pyridine rings is 1. The molecule has 0 unspecified atom stereocenters. The molecule has 1 aliphatic rings. The summed E-state index contributed by atoms with van der Waals surface area (Å²) in [7, 11) is -3.85. The van der Waals surface area contributed by atoms with Gasteiger partial charge in [-0.2, -0.15) is 0 Å². The van der Waals surface area contributed by atoms with Crippen molar-refractivity contribution in [2.45, 2.75) is 24.7 Å². The van der Waals surface area contributed by atoms with E-state index in [0.717, 1.165) is 5.56 Å². The van der Waals surface area contributed by atoms with Crippen molar-refractivity contribution in [2.75, 3.05) is 35.9 Å². The summed E-state index contributed by atoms with van der Waals surface area (Å²) in [4.78, 5) is 17.8. The fourth-order valence-corrected chi connectivity index (χ4v) is 3.98. The van der Waals surface area contributed by atoms with Gasteiger partial charge in [0.1, 0.15) is 11.4 Å². The number of morpholine rings is 1. The molecule has 0 saturated carbocycles. The summed E-state index contributed by atoms with van der Waals surface area (Å²) in [5.74, 6) is -0.573. The molecule has 3 rings (SSSR count). The smallest absolute Gasteiger partial charge is 0.339 e. The molecule has 0 bridgehead atoms. The third-order valence-corrected chi connectivity index (χ3v) is 5.91. The number of nitrogens with zero attached hydrogens (tertiary/aromatic N) is 2. The molecule has 0 aliphatic carbocycles. The molecule has 28 heavy (non-hydrogen) atoms. The van der Waals surface area contributed by atoms with Crippen molar-refractivity contribution < 1.29 is 23.1 Å². The van der Waals surface area contributed by atoms with Gasteiger partial charge in [0, 0.05) is 13.1 Å². The fourth-order valence-electron chi connectivity index (χ4n) is 2.94. The van der Waals surface area contributed by atoms with Gasteiger partial charge in [-0.05, 0) is 29.7 Å². The lowest BCUT2D eigenvalue weighted by atomic mass is 10.0. The van der Waals surface area contributed by atoms with Crippen LogP contribution in [0.15, 0.2) is 41.4 Å². The third-order valence-electron chi connectivity index (χ3n) is 4.52. The number of carboxylic acid groups (broad SMARTS) is 1. The molecule has 150 valence electrons. The molecule has 2 aromatic rings. The van der Waals surface area contributed by atoms with Crippen molar-refractivity contribution in [3.8, 4) is 0 Å². The molecular formula is C19H23N3O5S. The van der Waals surface area contributed by atoms with Crippen molar-refractivity contribution in [3.05, 3.63) is 47.7 Å². The molecule has 9 heteroatoms. The number of benzene rings is 1. The fraction of sp³-hybridized carbons (Fsp3) is 0.368. The van der Waals surface area contributed by atoms with Gasteiger partial charge in [-0.1, -0.05) is 26.0 Å². The van der Waals surface area contributed by atoms with Crippen molar-refractivity contribution in [3.63, 3.8) is 0 Å². The van der Waals surface area contributed by atoms with Crippen LogP contribution in [-0.4, -0.2) is 50.8 Å². The van der Waals surface area contributed by atoms with E-state index < -0.39 is 16.0 Å². The number of aromatic nitrogens is 1. The van der Waals surface area contributed by atoms with Crippen molar-refractivity contribution in [1.82, 2.24) is 4.98 Å². The highest BCUT2D eigenvalue weighted by atomic mass is 32.2. The number of aromatic carboxylic acids is 1. The number of sulfonamides is 1. The topological polar surface area (TPSA) is 109 Å². The number of ether oxygens (including phenoxy) is 1. The Morgan fingerprint density at radius 1 is 1.21 bits per heavy atom. The highest BCUT2D eigenvalue weighted by Gasteiger charge is 2.22. The first-order valence-electron chi connectivity index (χ1n) is 8.97. The number of rotatable bonds is 6. The van der Waals surface area contributed by atoms with Gasteiger partial charge in [0.05, 0.1) is 30.0 Å². The second kappa shape index (κ2) is 8.15.